The van der Waals surface area contributed by atoms with Gasteiger partial charge in [0.2, 0.25) is 0 Å². The van der Waals surface area contributed by atoms with Crippen LogP contribution in [0.25, 0.3) is 0 Å². The molecule has 11 nitrogen and oxygen atoms in total. The van der Waals surface area contributed by atoms with E-state index in [1.165, 1.54) is 0 Å². The van der Waals surface area contributed by atoms with Crippen molar-refractivity contribution in [3.8, 4) is 0 Å². The van der Waals surface area contributed by atoms with Crippen molar-refractivity contribution in [1.82, 2.24) is 9.80 Å². The zero-order valence-electron chi connectivity index (χ0n) is 31.9. The molecule has 10 unspecified atom stereocenters. The summed E-state index contributed by atoms with van der Waals surface area (Å²) in [5.41, 5.74) is -1.34. The van der Waals surface area contributed by atoms with Gasteiger partial charge in [-0.1, -0.05) is 58.4 Å². The molecule has 1 amide bonds. The average molecular weight is 707 g/mol. The standard InChI is InChI=1S/C39H66N2O9/c1-9-11-20-40-21-13-22-41(24-23-40)37(45)49-33-16-15-28(4)35(50-34(44)25-30(42)17-19-39(33,7)47-8)27(3)14-12-18-38(6,46)26-32-36(48-32)29(5)31(43)10-2/h12,14-16,18,28-33,35-36,42-43,46H,9-11,13,17,19-26H2,1-8H3/b16-15-,18-12+,27-14+. The first-order chi connectivity index (χ1) is 23.6. The number of rotatable bonds is 13. The van der Waals surface area contributed by atoms with E-state index in [0.717, 1.165) is 44.5 Å². The van der Waals surface area contributed by atoms with Crippen LogP contribution in [0.3, 0.4) is 0 Å². The Kier molecular flexibility index (Phi) is 16.5. The summed E-state index contributed by atoms with van der Waals surface area (Å²) in [6.45, 7) is 17.5. The summed E-state index contributed by atoms with van der Waals surface area (Å²) in [7, 11) is 1.57. The minimum atomic E-state index is -1.14. The predicted molar refractivity (Wildman–Crippen MR) is 194 cm³/mol. The van der Waals surface area contributed by atoms with Crippen LogP contribution in [0.2, 0.25) is 0 Å². The van der Waals surface area contributed by atoms with Crippen LogP contribution in [-0.4, -0.2) is 125 Å². The summed E-state index contributed by atoms with van der Waals surface area (Å²) in [4.78, 5) is 30.7. The number of amides is 1. The van der Waals surface area contributed by atoms with Gasteiger partial charge in [0.25, 0.3) is 0 Å². The fraction of sp³-hybridized carbons (Fsp3) is 0.795. The summed E-state index contributed by atoms with van der Waals surface area (Å²) in [6.07, 6.45) is 10.2. The highest BCUT2D eigenvalue weighted by atomic mass is 16.6. The van der Waals surface area contributed by atoms with Gasteiger partial charge in [0.1, 0.15) is 11.7 Å². The molecule has 0 aromatic carbocycles. The van der Waals surface area contributed by atoms with Crippen molar-refractivity contribution < 1.29 is 43.9 Å². The summed E-state index contributed by atoms with van der Waals surface area (Å²) in [5, 5.41) is 32.0. The summed E-state index contributed by atoms with van der Waals surface area (Å²) >= 11 is 0. The fourth-order valence-corrected chi connectivity index (χ4v) is 6.95. The van der Waals surface area contributed by atoms with Crippen molar-refractivity contribution in [2.24, 2.45) is 11.8 Å². The number of esters is 1. The van der Waals surface area contributed by atoms with Crippen LogP contribution in [0.4, 0.5) is 4.79 Å². The Morgan fingerprint density at radius 1 is 1.22 bits per heavy atom. The Morgan fingerprint density at radius 3 is 2.64 bits per heavy atom. The number of nitrogens with zero attached hydrogens (tertiary/aromatic N) is 2. The van der Waals surface area contributed by atoms with Gasteiger partial charge in [0.15, 0.2) is 6.10 Å². The molecule has 3 aliphatic heterocycles. The number of carbonyl (C=O) groups excluding carboxylic acids is 2. The van der Waals surface area contributed by atoms with Crippen molar-refractivity contribution >= 4 is 12.1 Å². The third-order valence-electron chi connectivity index (χ3n) is 10.7. The van der Waals surface area contributed by atoms with Gasteiger partial charge in [-0.05, 0) is 77.6 Å². The molecule has 0 bridgehead atoms. The van der Waals surface area contributed by atoms with E-state index in [-0.39, 0.29) is 36.9 Å². The number of allylic oxidation sites excluding steroid dienone is 2. The highest BCUT2D eigenvalue weighted by Crippen LogP contribution is 2.37. The number of hydrogen-bond acceptors (Lipinski definition) is 10. The number of cyclic esters (lactones) is 1. The van der Waals surface area contributed by atoms with E-state index < -0.39 is 47.7 Å². The molecule has 0 saturated carbocycles. The van der Waals surface area contributed by atoms with E-state index >= 15 is 0 Å². The van der Waals surface area contributed by atoms with Gasteiger partial charge in [-0.3, -0.25) is 4.79 Å². The lowest BCUT2D eigenvalue weighted by Gasteiger charge is -2.36. The number of hydrogen-bond donors (Lipinski definition) is 3. The minimum Gasteiger partial charge on any atom is -0.457 e. The molecule has 2 saturated heterocycles. The van der Waals surface area contributed by atoms with Crippen molar-refractivity contribution in [1.29, 1.82) is 0 Å². The van der Waals surface area contributed by atoms with Gasteiger partial charge in [0.05, 0.1) is 36.4 Å². The Labute approximate surface area is 300 Å². The molecular formula is C39H66N2O9. The highest BCUT2D eigenvalue weighted by Gasteiger charge is 2.47. The van der Waals surface area contributed by atoms with E-state index in [4.69, 9.17) is 18.9 Å². The van der Waals surface area contributed by atoms with Crippen LogP contribution in [0, 0.1) is 11.8 Å². The van der Waals surface area contributed by atoms with Crippen molar-refractivity contribution in [3.05, 3.63) is 36.0 Å². The number of aliphatic hydroxyl groups excluding tert-OH is 2. The molecule has 286 valence electrons. The molecule has 0 aliphatic carbocycles. The molecule has 0 aromatic rings. The molecule has 2 fully saturated rings. The maximum atomic E-state index is 13.6. The Bertz CT molecular complexity index is 1170. The second-order valence-electron chi connectivity index (χ2n) is 15.2. The monoisotopic (exact) mass is 706 g/mol. The van der Waals surface area contributed by atoms with Crippen molar-refractivity contribution in [3.63, 3.8) is 0 Å². The molecule has 0 radical (unpaired) electrons. The SMILES string of the molecule is CCCCN1CCCN(C(=O)OC2/C=C\C(C)C(/C(C)=C/C=C/C(C)(O)CC3OC3C(C)C(O)CC)OC(=O)CC(O)CCC2(C)OC)CC1. The highest BCUT2D eigenvalue weighted by molar-refractivity contribution is 5.70. The van der Waals surface area contributed by atoms with Gasteiger partial charge in [0, 0.05) is 45.0 Å². The fourth-order valence-electron chi connectivity index (χ4n) is 6.95. The second-order valence-corrected chi connectivity index (χ2v) is 15.2. The molecule has 0 aromatic heterocycles. The number of carbonyl (C=O) groups is 2. The number of ether oxygens (including phenoxy) is 4. The van der Waals surface area contributed by atoms with Crippen molar-refractivity contribution in [2.75, 3.05) is 39.8 Å². The van der Waals surface area contributed by atoms with E-state index in [1.54, 1.807) is 31.1 Å². The average Bonchev–Trinajstić information content (AvgIpc) is 3.87. The molecule has 0 spiro atoms. The maximum Gasteiger partial charge on any atom is 0.410 e. The third kappa shape index (κ3) is 12.7. The summed E-state index contributed by atoms with van der Waals surface area (Å²) in [5.74, 6) is -0.833. The Hall–Kier alpha value is -2.28. The van der Waals surface area contributed by atoms with Crippen LogP contribution in [-0.2, 0) is 23.7 Å². The number of epoxide rings is 1. The lowest BCUT2D eigenvalue weighted by molar-refractivity contribution is -0.151. The Morgan fingerprint density at radius 2 is 1.96 bits per heavy atom. The van der Waals surface area contributed by atoms with Gasteiger partial charge < -0.3 is 44.1 Å². The maximum absolute atomic E-state index is 13.6. The second kappa shape index (κ2) is 19.5. The lowest BCUT2D eigenvalue weighted by Crippen LogP contribution is -2.47. The zero-order chi connectivity index (χ0) is 37.1. The van der Waals surface area contributed by atoms with E-state index in [2.05, 4.69) is 11.8 Å². The van der Waals surface area contributed by atoms with Gasteiger partial charge in [-0.25, -0.2) is 4.79 Å². The summed E-state index contributed by atoms with van der Waals surface area (Å²) in [6, 6.07) is 0. The third-order valence-corrected chi connectivity index (χ3v) is 10.7. The minimum absolute atomic E-state index is 0.00349. The van der Waals surface area contributed by atoms with Crippen LogP contribution in [0.1, 0.15) is 99.8 Å². The molecule has 3 aliphatic rings. The largest absolute Gasteiger partial charge is 0.457 e. The topological polar surface area (TPSA) is 142 Å². The van der Waals surface area contributed by atoms with Crippen LogP contribution < -0.4 is 0 Å². The van der Waals surface area contributed by atoms with Gasteiger partial charge in [-0.2, -0.15) is 0 Å². The van der Waals surface area contributed by atoms with Gasteiger partial charge in [-0.15, -0.1) is 0 Å². The van der Waals surface area contributed by atoms with Crippen LogP contribution in [0.15, 0.2) is 36.0 Å². The molecule has 3 heterocycles. The lowest BCUT2D eigenvalue weighted by atomic mass is 9.88. The van der Waals surface area contributed by atoms with Crippen LogP contribution >= 0.6 is 0 Å². The van der Waals surface area contributed by atoms with E-state index in [9.17, 15) is 24.9 Å². The molecule has 3 N–H and O–H groups in total. The molecular weight excluding hydrogens is 640 g/mol. The van der Waals surface area contributed by atoms with Crippen molar-refractivity contribution in [2.45, 2.75) is 148 Å². The molecule has 11 heteroatoms. The van der Waals surface area contributed by atoms with Crippen LogP contribution in [0.5, 0.6) is 0 Å². The normalized spacial score (nSPS) is 33.7. The van der Waals surface area contributed by atoms with Gasteiger partial charge >= 0.3 is 12.1 Å². The smallest absolute Gasteiger partial charge is 0.410 e. The predicted octanol–water partition coefficient (Wildman–Crippen LogP) is 5.17. The number of aliphatic hydroxyl groups is 3. The quantitative estimate of drug-likeness (QED) is 0.102. The first-order valence-electron chi connectivity index (χ1n) is 18.8. The molecule has 3 rings (SSSR count). The number of unbranched alkanes of at least 4 members (excludes halogenated alkanes) is 1. The Balaban J connectivity index is 1.76. The van der Waals surface area contributed by atoms with E-state index in [1.807, 2.05) is 52.8 Å². The zero-order valence-corrected chi connectivity index (χ0v) is 31.9. The summed E-state index contributed by atoms with van der Waals surface area (Å²) < 4.78 is 23.8. The molecule has 10 atom stereocenters. The first kappa shape index (κ1) is 42.1. The van der Waals surface area contributed by atoms with E-state index in [0.29, 0.717) is 32.4 Å². The molecule has 50 heavy (non-hydrogen) atoms. The number of methoxy groups -OCH3 is 1. The first-order valence-corrected chi connectivity index (χ1v) is 18.8.